The van der Waals surface area contributed by atoms with Crippen molar-refractivity contribution >= 4 is 6.09 Å². The zero-order valence-electron chi connectivity index (χ0n) is 11.0. The van der Waals surface area contributed by atoms with Crippen molar-refractivity contribution in [3.8, 4) is 0 Å². The summed E-state index contributed by atoms with van der Waals surface area (Å²) in [5.74, 6) is 0.552. The van der Waals surface area contributed by atoms with E-state index in [1.807, 2.05) is 33.8 Å². The first-order valence-electron chi connectivity index (χ1n) is 5.98. The fraction of sp³-hybridized carbons (Fsp3) is 0.769. The van der Waals surface area contributed by atoms with E-state index in [0.717, 1.165) is 12.8 Å². The fourth-order valence-electron chi connectivity index (χ4n) is 2.05. The Morgan fingerprint density at radius 1 is 1.56 bits per heavy atom. The molecule has 1 saturated carbocycles. The Balaban J connectivity index is 2.55. The number of amides is 1. The molecule has 0 aromatic rings. The van der Waals surface area contributed by atoms with Crippen molar-refractivity contribution in [2.45, 2.75) is 58.6 Å². The lowest BCUT2D eigenvalue weighted by Crippen LogP contribution is -2.40. The maximum atomic E-state index is 11.7. The predicted octanol–water partition coefficient (Wildman–Crippen LogP) is 3.26. The Bertz CT molecular complexity index is 291. The average Bonchev–Trinajstić information content (AvgIpc) is 2.75. The molecule has 3 heteroatoms. The van der Waals surface area contributed by atoms with Gasteiger partial charge in [-0.05, 0) is 40.0 Å². The molecule has 1 aliphatic rings. The third-order valence-electron chi connectivity index (χ3n) is 2.84. The van der Waals surface area contributed by atoms with Crippen LogP contribution in [0.5, 0.6) is 0 Å². The number of rotatable bonds is 3. The van der Waals surface area contributed by atoms with Gasteiger partial charge in [0.25, 0.3) is 0 Å². The van der Waals surface area contributed by atoms with Gasteiger partial charge in [-0.2, -0.15) is 0 Å². The number of hydrogen-bond acceptors (Lipinski definition) is 2. The van der Waals surface area contributed by atoms with Crippen LogP contribution < -0.4 is 5.32 Å². The van der Waals surface area contributed by atoms with Crippen LogP contribution in [0.25, 0.3) is 0 Å². The molecule has 0 heterocycles. The maximum absolute atomic E-state index is 11.7. The Kier molecular flexibility index (Phi) is 3.66. The van der Waals surface area contributed by atoms with E-state index in [0.29, 0.717) is 5.92 Å². The van der Waals surface area contributed by atoms with E-state index in [4.69, 9.17) is 4.74 Å². The number of alkyl carbamates (subject to hydrolysis) is 1. The molecule has 0 unspecified atom stereocenters. The standard InChI is InChI=1S/C13H23NO2/c1-6-8-13(9-10(13)7-2)14-11(15)16-12(3,4)5/h6,8,10H,7,9H2,1-5H3,(H,14,15)/b8-6+/t10-,13+/m1/s1. The Morgan fingerprint density at radius 3 is 2.56 bits per heavy atom. The molecular weight excluding hydrogens is 202 g/mol. The number of allylic oxidation sites excluding steroid dienone is 1. The van der Waals surface area contributed by atoms with Crippen molar-refractivity contribution in [1.29, 1.82) is 0 Å². The Morgan fingerprint density at radius 2 is 2.19 bits per heavy atom. The highest BCUT2D eigenvalue weighted by Gasteiger charge is 2.52. The van der Waals surface area contributed by atoms with Gasteiger partial charge in [-0.15, -0.1) is 0 Å². The highest BCUT2D eigenvalue weighted by Crippen LogP contribution is 2.47. The number of carbonyl (C=O) groups is 1. The summed E-state index contributed by atoms with van der Waals surface area (Å²) in [6.07, 6.45) is 5.85. The van der Waals surface area contributed by atoms with E-state index in [1.54, 1.807) is 0 Å². The zero-order chi connectivity index (χ0) is 12.4. The molecule has 1 N–H and O–H groups in total. The van der Waals surface area contributed by atoms with E-state index in [-0.39, 0.29) is 11.6 Å². The predicted molar refractivity (Wildman–Crippen MR) is 65.3 cm³/mol. The summed E-state index contributed by atoms with van der Waals surface area (Å²) in [6.45, 7) is 9.74. The van der Waals surface area contributed by atoms with Crippen molar-refractivity contribution in [1.82, 2.24) is 5.32 Å². The van der Waals surface area contributed by atoms with Crippen molar-refractivity contribution in [2.75, 3.05) is 0 Å². The van der Waals surface area contributed by atoms with Gasteiger partial charge >= 0.3 is 6.09 Å². The van der Waals surface area contributed by atoms with Crippen LogP contribution in [0.4, 0.5) is 4.79 Å². The SMILES string of the molecule is C/C=C/[C@]1(NC(=O)OC(C)(C)C)C[C@H]1CC. The minimum Gasteiger partial charge on any atom is -0.444 e. The van der Waals surface area contributed by atoms with Crippen molar-refractivity contribution < 1.29 is 9.53 Å². The molecule has 0 saturated heterocycles. The van der Waals surface area contributed by atoms with Crippen LogP contribution in [-0.2, 0) is 4.74 Å². The molecule has 0 aromatic carbocycles. The number of carbonyl (C=O) groups excluding carboxylic acids is 1. The molecule has 0 aliphatic heterocycles. The van der Waals surface area contributed by atoms with Gasteiger partial charge in [0.2, 0.25) is 0 Å². The van der Waals surface area contributed by atoms with Gasteiger partial charge in [0.1, 0.15) is 5.60 Å². The third-order valence-corrected chi connectivity index (χ3v) is 2.84. The summed E-state index contributed by atoms with van der Waals surface area (Å²) in [7, 11) is 0. The maximum Gasteiger partial charge on any atom is 0.408 e. The lowest BCUT2D eigenvalue weighted by atomic mass is 10.1. The first-order chi connectivity index (χ1) is 7.33. The van der Waals surface area contributed by atoms with Gasteiger partial charge < -0.3 is 10.1 Å². The van der Waals surface area contributed by atoms with Gasteiger partial charge in [0, 0.05) is 0 Å². The molecule has 1 fully saturated rings. The van der Waals surface area contributed by atoms with Crippen LogP contribution >= 0.6 is 0 Å². The van der Waals surface area contributed by atoms with Crippen LogP contribution in [0, 0.1) is 5.92 Å². The Labute approximate surface area is 98.2 Å². The summed E-state index contributed by atoms with van der Waals surface area (Å²) < 4.78 is 5.27. The van der Waals surface area contributed by atoms with Crippen LogP contribution in [0.1, 0.15) is 47.5 Å². The van der Waals surface area contributed by atoms with Gasteiger partial charge in [-0.1, -0.05) is 25.5 Å². The van der Waals surface area contributed by atoms with Crippen LogP contribution in [-0.4, -0.2) is 17.2 Å². The molecule has 2 atom stereocenters. The lowest BCUT2D eigenvalue weighted by molar-refractivity contribution is 0.0504. The minimum atomic E-state index is -0.433. The van der Waals surface area contributed by atoms with E-state index in [9.17, 15) is 4.79 Å². The van der Waals surface area contributed by atoms with Gasteiger partial charge in [-0.3, -0.25) is 0 Å². The first kappa shape index (κ1) is 13.1. The monoisotopic (exact) mass is 225 g/mol. The highest BCUT2D eigenvalue weighted by atomic mass is 16.6. The second kappa shape index (κ2) is 4.48. The third kappa shape index (κ3) is 3.26. The molecule has 16 heavy (non-hydrogen) atoms. The smallest absolute Gasteiger partial charge is 0.408 e. The van der Waals surface area contributed by atoms with Crippen LogP contribution in [0.15, 0.2) is 12.2 Å². The number of ether oxygens (including phenoxy) is 1. The molecule has 92 valence electrons. The van der Waals surface area contributed by atoms with Gasteiger partial charge in [0.15, 0.2) is 0 Å². The summed E-state index contributed by atoms with van der Waals surface area (Å²) in [5, 5.41) is 2.98. The van der Waals surface area contributed by atoms with E-state index < -0.39 is 5.60 Å². The topological polar surface area (TPSA) is 38.3 Å². The normalized spacial score (nSPS) is 29.2. The molecule has 1 aliphatic carbocycles. The molecule has 1 rings (SSSR count). The lowest BCUT2D eigenvalue weighted by Gasteiger charge is -2.22. The van der Waals surface area contributed by atoms with E-state index >= 15 is 0 Å². The number of nitrogens with one attached hydrogen (secondary N) is 1. The van der Waals surface area contributed by atoms with Gasteiger partial charge in [-0.25, -0.2) is 4.79 Å². The van der Waals surface area contributed by atoms with Crippen LogP contribution in [0.2, 0.25) is 0 Å². The van der Waals surface area contributed by atoms with Crippen molar-refractivity contribution in [2.24, 2.45) is 5.92 Å². The van der Waals surface area contributed by atoms with E-state index in [1.165, 1.54) is 0 Å². The molecular formula is C13H23NO2. The minimum absolute atomic E-state index is 0.147. The summed E-state index contributed by atoms with van der Waals surface area (Å²) >= 11 is 0. The number of hydrogen-bond donors (Lipinski definition) is 1. The Hall–Kier alpha value is -0.990. The van der Waals surface area contributed by atoms with E-state index in [2.05, 4.69) is 18.3 Å². The molecule has 0 aromatic heterocycles. The quantitative estimate of drug-likeness (QED) is 0.749. The highest BCUT2D eigenvalue weighted by molar-refractivity contribution is 5.70. The molecule has 1 amide bonds. The second-order valence-electron chi connectivity index (χ2n) is 5.48. The fourth-order valence-corrected chi connectivity index (χ4v) is 2.05. The first-order valence-corrected chi connectivity index (χ1v) is 5.98. The zero-order valence-corrected chi connectivity index (χ0v) is 11.0. The van der Waals surface area contributed by atoms with Crippen LogP contribution in [0.3, 0.4) is 0 Å². The summed E-state index contributed by atoms with van der Waals surface area (Å²) in [5.41, 5.74) is -0.580. The average molecular weight is 225 g/mol. The molecule has 0 bridgehead atoms. The molecule has 0 radical (unpaired) electrons. The molecule has 3 nitrogen and oxygen atoms in total. The van der Waals surface area contributed by atoms with Crippen molar-refractivity contribution in [3.63, 3.8) is 0 Å². The molecule has 0 spiro atoms. The largest absolute Gasteiger partial charge is 0.444 e. The second-order valence-corrected chi connectivity index (χ2v) is 5.48. The summed E-state index contributed by atoms with van der Waals surface area (Å²) in [6, 6.07) is 0. The van der Waals surface area contributed by atoms with Crippen molar-refractivity contribution in [3.05, 3.63) is 12.2 Å². The summed E-state index contributed by atoms with van der Waals surface area (Å²) in [4.78, 5) is 11.7. The van der Waals surface area contributed by atoms with Gasteiger partial charge in [0.05, 0.1) is 5.54 Å².